The van der Waals surface area contributed by atoms with Crippen molar-refractivity contribution in [2.45, 2.75) is 0 Å². The van der Waals surface area contributed by atoms with Crippen LogP contribution in [0.25, 0.3) is 0 Å². The van der Waals surface area contributed by atoms with Crippen LogP contribution in [0, 0.1) is 0 Å². The monoisotopic (exact) mass is 135 g/mol. The fourth-order valence-corrected chi connectivity index (χ4v) is 0.135. The zero-order valence-electron chi connectivity index (χ0n) is 4.24. The first-order valence-electron chi connectivity index (χ1n) is 1.80. The first-order chi connectivity index (χ1) is 4.22. The van der Waals surface area contributed by atoms with E-state index in [9.17, 15) is 4.79 Å². The van der Waals surface area contributed by atoms with Crippen LogP contribution in [0.15, 0.2) is 5.16 Å². The average molecular weight is 135 g/mol. The summed E-state index contributed by atoms with van der Waals surface area (Å²) in [6, 6.07) is 0. The minimum Gasteiger partial charge on any atom is -0.409 e. The van der Waals surface area contributed by atoms with Crippen molar-refractivity contribution in [3.63, 3.8) is 0 Å². The molecule has 7 nitrogen and oxygen atoms in total. The van der Waals surface area contributed by atoms with Crippen LogP contribution in [0.5, 0.6) is 0 Å². The standard InChI is InChI=1S/C2H5N3O4/c3-1(4-7)2(6)9-5-8/h5,7-8H,(H2,3,4). The maximum absolute atomic E-state index is 10.1. The molecule has 0 radical (unpaired) electrons. The van der Waals surface area contributed by atoms with Gasteiger partial charge in [0.25, 0.3) is 5.84 Å². The number of nitrogens with two attached hydrogens (primary N) is 1. The molecule has 0 aliphatic carbocycles. The maximum atomic E-state index is 10.1. The molecule has 7 heteroatoms. The number of amidine groups is 1. The Kier molecular flexibility index (Phi) is 3.09. The second kappa shape index (κ2) is 3.64. The Labute approximate surface area is 49.6 Å². The molecule has 0 fully saturated rings. The van der Waals surface area contributed by atoms with E-state index in [1.807, 2.05) is 0 Å². The molecule has 0 saturated carbocycles. The van der Waals surface area contributed by atoms with Gasteiger partial charge in [0.1, 0.15) is 0 Å². The van der Waals surface area contributed by atoms with Gasteiger partial charge in [0.2, 0.25) is 0 Å². The van der Waals surface area contributed by atoms with Gasteiger partial charge in [-0.3, -0.25) is 5.21 Å². The van der Waals surface area contributed by atoms with E-state index < -0.39 is 11.8 Å². The van der Waals surface area contributed by atoms with Crippen LogP contribution in [0.2, 0.25) is 0 Å². The molecular formula is C2H5N3O4. The highest BCUT2D eigenvalue weighted by Crippen LogP contribution is 1.70. The Hall–Kier alpha value is -1.34. The summed E-state index contributed by atoms with van der Waals surface area (Å²) in [5, 5.41) is 17.8. The van der Waals surface area contributed by atoms with Crippen molar-refractivity contribution < 1.29 is 20.0 Å². The van der Waals surface area contributed by atoms with Crippen molar-refractivity contribution in [1.82, 2.24) is 5.64 Å². The van der Waals surface area contributed by atoms with Gasteiger partial charge >= 0.3 is 5.97 Å². The van der Waals surface area contributed by atoms with Crippen LogP contribution in [-0.2, 0) is 9.63 Å². The maximum Gasteiger partial charge on any atom is 0.397 e. The third-order valence-electron chi connectivity index (χ3n) is 0.455. The first-order valence-corrected chi connectivity index (χ1v) is 1.80. The van der Waals surface area contributed by atoms with Crippen LogP contribution in [0.3, 0.4) is 0 Å². The molecule has 0 amide bonds. The molecule has 0 aromatic carbocycles. The van der Waals surface area contributed by atoms with Gasteiger partial charge in [0, 0.05) is 0 Å². The molecule has 0 aliphatic heterocycles. The smallest absolute Gasteiger partial charge is 0.397 e. The number of nitrogens with one attached hydrogen (secondary N) is 1. The van der Waals surface area contributed by atoms with Crippen LogP contribution in [0.4, 0.5) is 0 Å². The quantitative estimate of drug-likeness (QED) is 0.145. The lowest BCUT2D eigenvalue weighted by Gasteiger charge is -1.94. The Morgan fingerprint density at radius 1 is 1.78 bits per heavy atom. The summed E-state index contributed by atoms with van der Waals surface area (Å²) >= 11 is 0. The Morgan fingerprint density at radius 3 is 2.67 bits per heavy atom. The molecule has 0 heterocycles. The van der Waals surface area contributed by atoms with E-state index in [0.717, 1.165) is 5.64 Å². The molecule has 0 atom stereocenters. The summed E-state index contributed by atoms with van der Waals surface area (Å²) < 4.78 is 0. The molecule has 0 saturated heterocycles. The second-order valence-corrected chi connectivity index (χ2v) is 0.966. The van der Waals surface area contributed by atoms with Gasteiger partial charge in [-0.25, -0.2) is 4.79 Å². The van der Waals surface area contributed by atoms with Crippen molar-refractivity contribution in [2.24, 2.45) is 10.9 Å². The number of hydrogen-bond acceptors (Lipinski definition) is 6. The highest BCUT2D eigenvalue weighted by Gasteiger charge is 2.07. The molecule has 0 unspecified atom stereocenters. The predicted molar refractivity (Wildman–Crippen MR) is 24.4 cm³/mol. The second-order valence-electron chi connectivity index (χ2n) is 0.966. The lowest BCUT2D eigenvalue weighted by Crippen LogP contribution is -2.29. The molecule has 9 heavy (non-hydrogen) atoms. The van der Waals surface area contributed by atoms with E-state index >= 15 is 0 Å². The van der Waals surface area contributed by atoms with Crippen LogP contribution in [-0.4, -0.2) is 22.2 Å². The third kappa shape index (κ3) is 2.46. The summed E-state index contributed by atoms with van der Waals surface area (Å²) in [6.45, 7) is 0. The van der Waals surface area contributed by atoms with Gasteiger partial charge in [0.15, 0.2) is 0 Å². The molecular weight excluding hydrogens is 130 g/mol. The number of hydrogen-bond donors (Lipinski definition) is 4. The zero-order chi connectivity index (χ0) is 7.28. The first kappa shape index (κ1) is 7.66. The fourth-order valence-electron chi connectivity index (χ4n) is 0.135. The van der Waals surface area contributed by atoms with E-state index in [-0.39, 0.29) is 0 Å². The zero-order valence-corrected chi connectivity index (χ0v) is 4.24. The van der Waals surface area contributed by atoms with E-state index in [1.165, 1.54) is 0 Å². The molecule has 0 spiro atoms. The van der Waals surface area contributed by atoms with Crippen molar-refractivity contribution in [1.29, 1.82) is 0 Å². The topological polar surface area (TPSA) is 117 Å². The molecule has 52 valence electrons. The molecule has 0 aromatic heterocycles. The lowest BCUT2D eigenvalue weighted by atomic mass is 10.6. The molecule has 5 N–H and O–H groups in total. The van der Waals surface area contributed by atoms with Gasteiger partial charge in [-0.05, 0) is 5.64 Å². The van der Waals surface area contributed by atoms with Gasteiger partial charge < -0.3 is 15.8 Å². The summed E-state index contributed by atoms with van der Waals surface area (Å²) in [5.41, 5.74) is 5.74. The summed E-state index contributed by atoms with van der Waals surface area (Å²) in [7, 11) is 0. The number of carbonyl (C=O) groups excluding carboxylic acids is 1. The lowest BCUT2D eigenvalue weighted by molar-refractivity contribution is -0.168. The summed E-state index contributed by atoms with van der Waals surface area (Å²) in [4.78, 5) is 13.8. The minimum absolute atomic E-state index is 0.753. The Morgan fingerprint density at radius 2 is 2.33 bits per heavy atom. The third-order valence-corrected chi connectivity index (χ3v) is 0.455. The average Bonchev–Trinajstić information content (AvgIpc) is 1.87. The molecule has 0 rings (SSSR count). The van der Waals surface area contributed by atoms with E-state index in [1.54, 1.807) is 0 Å². The van der Waals surface area contributed by atoms with Crippen molar-refractivity contribution in [3.8, 4) is 0 Å². The SMILES string of the molecule is NC(=NO)C(=O)ONO. The normalized spacial score (nSPS) is 11.0. The van der Waals surface area contributed by atoms with Crippen LogP contribution >= 0.6 is 0 Å². The summed E-state index contributed by atoms with van der Waals surface area (Å²) in [6.07, 6.45) is 0. The molecule has 0 bridgehead atoms. The fraction of sp³-hybridized carbons (Fsp3) is 0. The van der Waals surface area contributed by atoms with Crippen molar-refractivity contribution >= 4 is 11.8 Å². The minimum atomic E-state index is -1.17. The predicted octanol–water partition coefficient (Wildman–Crippen LogP) is -1.83. The van der Waals surface area contributed by atoms with Gasteiger partial charge in [-0.1, -0.05) is 5.16 Å². The molecule has 0 aromatic rings. The van der Waals surface area contributed by atoms with Crippen LogP contribution < -0.4 is 11.4 Å². The Balaban J connectivity index is 3.74. The molecule has 0 aliphatic rings. The van der Waals surface area contributed by atoms with E-state index in [4.69, 9.17) is 10.4 Å². The van der Waals surface area contributed by atoms with Crippen molar-refractivity contribution in [3.05, 3.63) is 0 Å². The van der Waals surface area contributed by atoms with E-state index in [2.05, 4.69) is 15.7 Å². The largest absolute Gasteiger partial charge is 0.409 e. The Bertz CT molecular complexity index is 132. The van der Waals surface area contributed by atoms with Crippen molar-refractivity contribution in [2.75, 3.05) is 0 Å². The van der Waals surface area contributed by atoms with Gasteiger partial charge in [-0.15, -0.1) is 0 Å². The van der Waals surface area contributed by atoms with Gasteiger partial charge in [-0.2, -0.15) is 0 Å². The number of oxime groups is 1. The number of rotatable bonds is 1. The van der Waals surface area contributed by atoms with Gasteiger partial charge in [0.05, 0.1) is 0 Å². The highest BCUT2D eigenvalue weighted by atomic mass is 16.9. The highest BCUT2D eigenvalue weighted by molar-refractivity contribution is 6.34. The summed E-state index contributed by atoms with van der Waals surface area (Å²) in [5.74, 6) is -1.92. The van der Waals surface area contributed by atoms with Crippen LogP contribution in [0.1, 0.15) is 0 Å². The van der Waals surface area contributed by atoms with E-state index in [0.29, 0.717) is 0 Å². The number of carbonyl (C=O) groups is 1. The number of nitrogens with zero attached hydrogens (tertiary/aromatic N) is 1.